The van der Waals surface area contributed by atoms with Crippen LogP contribution in [0.5, 0.6) is 0 Å². The second-order valence-corrected chi connectivity index (χ2v) is 27.5. The molecule has 0 spiro atoms. The van der Waals surface area contributed by atoms with Crippen LogP contribution in [0.1, 0.15) is 0 Å². The number of fused-ring (bicyclic) bond motifs is 11. The monoisotopic (exact) mass is 724 g/mol. The minimum Gasteiger partial charge on any atom is -0.0656 e. The van der Waals surface area contributed by atoms with Gasteiger partial charge in [0.15, 0.2) is 0 Å². The summed E-state index contributed by atoms with van der Waals surface area (Å²) in [5.74, 6) is 0. The van der Waals surface area contributed by atoms with Gasteiger partial charge in [0.25, 0.3) is 0 Å². The van der Waals surface area contributed by atoms with E-state index in [0.29, 0.717) is 0 Å². The third-order valence-corrected chi connectivity index (χ3v) is 16.0. The van der Waals surface area contributed by atoms with Gasteiger partial charge in [0.05, 0.1) is 16.1 Å². The first-order valence-electron chi connectivity index (χ1n) is 19.4. The molecular formula is C52H44Si2. The third kappa shape index (κ3) is 5.08. The Bertz CT molecular complexity index is 3170. The molecule has 0 atom stereocenters. The molecule has 0 unspecified atom stereocenters. The fourth-order valence-corrected chi connectivity index (χ4v) is 11.4. The van der Waals surface area contributed by atoms with E-state index in [1.165, 1.54) is 108 Å². The van der Waals surface area contributed by atoms with Crippen molar-refractivity contribution < 1.29 is 0 Å². The molecule has 0 fully saturated rings. The first kappa shape index (κ1) is 33.1. The van der Waals surface area contributed by atoms with E-state index in [1.54, 1.807) is 0 Å². The first-order valence-corrected chi connectivity index (χ1v) is 26.4. The molecular weight excluding hydrogens is 681 g/mol. The van der Waals surface area contributed by atoms with Gasteiger partial charge in [-0.25, -0.2) is 0 Å². The second-order valence-electron chi connectivity index (χ2n) is 17.3. The van der Waals surface area contributed by atoms with Crippen molar-refractivity contribution >= 4 is 102 Å². The lowest BCUT2D eigenvalue weighted by Gasteiger charge is -2.25. The Balaban J connectivity index is 1.45. The van der Waals surface area contributed by atoms with Gasteiger partial charge in [0, 0.05) is 0 Å². The van der Waals surface area contributed by atoms with E-state index in [-0.39, 0.29) is 0 Å². The van der Waals surface area contributed by atoms with Crippen molar-refractivity contribution in [2.75, 3.05) is 0 Å². The SMILES string of the molecule is C[Si](C)(C)c1ccc2c(-c3cc4c5ccccc5c5ccccc5c4c4ccccc34)c3cc([Si](C)(C)C)ccc3c(-c3ccc4ccccc4c3)c2c1. The Hall–Kier alpha value is -5.55. The van der Waals surface area contributed by atoms with E-state index in [9.17, 15) is 0 Å². The van der Waals surface area contributed by atoms with Crippen molar-refractivity contribution in [3.8, 4) is 22.3 Å². The average Bonchev–Trinajstić information content (AvgIpc) is 3.18. The molecule has 0 aliphatic heterocycles. The standard InChI is InChI=1S/C52H44Si2/c1-53(2,3)36-26-28-45-46(30-36)50(35-24-23-33-15-7-8-16-34(33)29-35)44-27-25-37(54(4,5)6)31-47(44)52(45)49-32-48-40-19-10-9-17-38(40)39-18-11-13-21-42(39)51(48)43-22-14-12-20-41(43)49/h7-32H,1-6H3. The lowest BCUT2D eigenvalue weighted by Crippen LogP contribution is -2.37. The van der Waals surface area contributed by atoms with Crippen molar-refractivity contribution in [1.29, 1.82) is 0 Å². The maximum Gasteiger partial charge on any atom is 0.0776 e. The predicted molar refractivity (Wildman–Crippen MR) is 246 cm³/mol. The molecule has 0 amide bonds. The highest BCUT2D eigenvalue weighted by Gasteiger charge is 2.25. The normalized spacial score (nSPS) is 12.6. The van der Waals surface area contributed by atoms with Crippen LogP contribution < -0.4 is 10.4 Å². The summed E-state index contributed by atoms with van der Waals surface area (Å²) < 4.78 is 0. The van der Waals surface area contributed by atoms with Crippen molar-refractivity contribution in [3.63, 3.8) is 0 Å². The summed E-state index contributed by atoms with van der Waals surface area (Å²) in [6.07, 6.45) is 0. The van der Waals surface area contributed by atoms with Crippen LogP contribution in [0.2, 0.25) is 39.3 Å². The van der Waals surface area contributed by atoms with E-state index in [1.807, 2.05) is 0 Å². The van der Waals surface area contributed by atoms with Crippen molar-refractivity contribution in [3.05, 3.63) is 158 Å². The molecule has 2 heteroatoms. The zero-order chi connectivity index (χ0) is 36.9. The zero-order valence-electron chi connectivity index (χ0n) is 32.0. The van der Waals surface area contributed by atoms with Crippen LogP contribution >= 0.6 is 0 Å². The molecule has 0 N–H and O–H groups in total. The topological polar surface area (TPSA) is 0 Å². The van der Waals surface area contributed by atoms with Crippen LogP contribution in [0.15, 0.2) is 158 Å². The fraction of sp³-hybridized carbons (Fsp3) is 0.115. The summed E-state index contributed by atoms with van der Waals surface area (Å²) in [7, 11) is -3.31. The minimum atomic E-state index is -1.67. The quantitative estimate of drug-likeness (QED) is 0.0963. The maximum atomic E-state index is 2.57. The number of hydrogen-bond donors (Lipinski definition) is 0. The van der Waals surface area contributed by atoms with Gasteiger partial charge in [0.2, 0.25) is 0 Å². The van der Waals surface area contributed by atoms with Gasteiger partial charge in [-0.3, -0.25) is 0 Å². The molecule has 10 aromatic rings. The van der Waals surface area contributed by atoms with Crippen LogP contribution in [0.25, 0.3) is 97.7 Å². The van der Waals surface area contributed by atoms with Crippen molar-refractivity contribution in [2.24, 2.45) is 0 Å². The Morgan fingerprint density at radius 2 is 0.759 bits per heavy atom. The van der Waals surface area contributed by atoms with Gasteiger partial charge >= 0.3 is 0 Å². The highest BCUT2D eigenvalue weighted by Crippen LogP contribution is 2.48. The number of rotatable bonds is 4. The Kier molecular flexibility index (Phi) is 7.33. The molecule has 0 aliphatic rings. The average molecular weight is 725 g/mol. The summed E-state index contributed by atoms with van der Waals surface area (Å²) >= 11 is 0. The maximum absolute atomic E-state index is 2.57. The summed E-state index contributed by atoms with van der Waals surface area (Å²) in [4.78, 5) is 0. The smallest absolute Gasteiger partial charge is 0.0656 e. The van der Waals surface area contributed by atoms with Gasteiger partial charge in [0.1, 0.15) is 0 Å². The van der Waals surface area contributed by atoms with E-state index in [2.05, 4.69) is 197 Å². The van der Waals surface area contributed by atoms with Crippen molar-refractivity contribution in [1.82, 2.24) is 0 Å². The van der Waals surface area contributed by atoms with Gasteiger partial charge in [-0.05, 0) is 110 Å². The summed E-state index contributed by atoms with van der Waals surface area (Å²) in [5, 5.41) is 21.4. The summed E-state index contributed by atoms with van der Waals surface area (Å²) in [6, 6.07) is 60.5. The highest BCUT2D eigenvalue weighted by atomic mass is 28.3. The van der Waals surface area contributed by atoms with Crippen LogP contribution in [-0.4, -0.2) is 16.1 Å². The lowest BCUT2D eigenvalue weighted by atomic mass is 9.82. The van der Waals surface area contributed by atoms with E-state index in [4.69, 9.17) is 0 Å². The third-order valence-electron chi connectivity index (χ3n) is 11.9. The lowest BCUT2D eigenvalue weighted by molar-refractivity contribution is 1.68. The van der Waals surface area contributed by atoms with Gasteiger partial charge in [-0.2, -0.15) is 0 Å². The fourth-order valence-electron chi connectivity index (χ4n) is 9.08. The molecule has 0 radical (unpaired) electrons. The molecule has 10 aromatic carbocycles. The highest BCUT2D eigenvalue weighted by molar-refractivity contribution is 6.89. The largest absolute Gasteiger partial charge is 0.0776 e. The van der Waals surface area contributed by atoms with E-state index >= 15 is 0 Å². The Morgan fingerprint density at radius 3 is 1.37 bits per heavy atom. The second kappa shape index (κ2) is 12.0. The Morgan fingerprint density at radius 1 is 0.296 bits per heavy atom. The van der Waals surface area contributed by atoms with Crippen LogP contribution in [-0.2, 0) is 0 Å². The number of benzene rings is 10. The molecule has 0 heterocycles. The van der Waals surface area contributed by atoms with Crippen molar-refractivity contribution in [2.45, 2.75) is 39.3 Å². The molecule has 0 aromatic heterocycles. The summed E-state index contributed by atoms with van der Waals surface area (Å²) in [5.41, 5.74) is 5.29. The van der Waals surface area contributed by atoms with Crippen LogP contribution in [0.4, 0.5) is 0 Å². The van der Waals surface area contributed by atoms with E-state index < -0.39 is 16.1 Å². The van der Waals surface area contributed by atoms with Gasteiger partial charge in [-0.15, -0.1) is 0 Å². The van der Waals surface area contributed by atoms with Gasteiger partial charge in [-0.1, -0.05) is 195 Å². The first-order chi connectivity index (χ1) is 26.1. The van der Waals surface area contributed by atoms with E-state index in [0.717, 1.165) is 0 Å². The van der Waals surface area contributed by atoms with Crippen LogP contribution in [0.3, 0.4) is 0 Å². The molecule has 54 heavy (non-hydrogen) atoms. The molecule has 0 nitrogen and oxygen atoms in total. The predicted octanol–water partition coefficient (Wildman–Crippen LogP) is 14.2. The number of hydrogen-bond acceptors (Lipinski definition) is 0. The minimum absolute atomic E-state index is 1.28. The van der Waals surface area contributed by atoms with Crippen LogP contribution in [0, 0.1) is 0 Å². The molecule has 10 rings (SSSR count). The van der Waals surface area contributed by atoms with Gasteiger partial charge < -0.3 is 0 Å². The molecule has 0 aliphatic carbocycles. The molecule has 0 saturated carbocycles. The zero-order valence-corrected chi connectivity index (χ0v) is 34.0. The Labute approximate surface area is 319 Å². The summed E-state index contributed by atoms with van der Waals surface area (Å²) in [6.45, 7) is 14.8. The molecule has 260 valence electrons. The molecule has 0 bridgehead atoms. The molecule has 0 saturated heterocycles.